The van der Waals surface area contributed by atoms with E-state index in [1.807, 2.05) is 24.4 Å². The molecule has 316 valence electrons. The molecule has 2 aliphatic carbocycles. The van der Waals surface area contributed by atoms with Crippen LogP contribution in [0.1, 0.15) is 68.3 Å². The molecule has 7 rings (SSSR count). The van der Waals surface area contributed by atoms with Gasteiger partial charge < -0.3 is 39.8 Å². The molecule has 1 unspecified atom stereocenters. The van der Waals surface area contributed by atoms with Gasteiger partial charge in [-0.1, -0.05) is 50.3 Å². The van der Waals surface area contributed by atoms with Gasteiger partial charge in [-0.2, -0.15) is 0 Å². The van der Waals surface area contributed by atoms with E-state index in [1.165, 1.54) is 41.4 Å². The third kappa shape index (κ3) is 9.46. The van der Waals surface area contributed by atoms with Gasteiger partial charge in [-0.05, 0) is 73.3 Å². The van der Waals surface area contributed by atoms with Crippen molar-refractivity contribution in [3.63, 3.8) is 0 Å². The maximum absolute atomic E-state index is 13.7. The van der Waals surface area contributed by atoms with E-state index in [0.29, 0.717) is 12.7 Å². The summed E-state index contributed by atoms with van der Waals surface area (Å²) in [5, 5.41) is 6.08. The zero-order valence-corrected chi connectivity index (χ0v) is 35.5. The van der Waals surface area contributed by atoms with Gasteiger partial charge in [0.15, 0.2) is 6.29 Å². The van der Waals surface area contributed by atoms with Crippen molar-refractivity contribution in [3.8, 4) is 5.75 Å². The Bertz CT molecular complexity index is 2130. The van der Waals surface area contributed by atoms with Gasteiger partial charge in [-0.3, -0.25) is 14.4 Å². The van der Waals surface area contributed by atoms with Gasteiger partial charge in [-0.15, -0.1) is 0 Å². The van der Waals surface area contributed by atoms with Crippen LogP contribution in [0.4, 0.5) is 11.6 Å². The van der Waals surface area contributed by atoms with E-state index in [-0.39, 0.29) is 47.5 Å². The van der Waals surface area contributed by atoms with E-state index in [2.05, 4.69) is 82.6 Å². The topological polar surface area (TPSA) is 140 Å². The molecule has 0 spiro atoms. The van der Waals surface area contributed by atoms with Crippen molar-refractivity contribution in [2.24, 2.45) is 0 Å². The molecule has 1 atom stereocenters. The molecule has 1 aromatic heterocycles. The summed E-state index contributed by atoms with van der Waals surface area (Å²) in [5.74, 6) is 0.835. The molecule has 2 fully saturated rings. The van der Waals surface area contributed by atoms with E-state index in [1.54, 1.807) is 12.2 Å². The molecule has 0 bridgehead atoms. The number of hydrogen-bond donors (Lipinski definition) is 2. The second-order valence-electron chi connectivity index (χ2n) is 16.9. The fraction of sp³-hybridized carbons (Fsp3) is 0.447. The van der Waals surface area contributed by atoms with Crippen LogP contribution in [0.2, 0.25) is 0 Å². The molecule has 3 heterocycles. The van der Waals surface area contributed by atoms with Crippen molar-refractivity contribution in [2.75, 3.05) is 63.7 Å². The lowest BCUT2D eigenvalue weighted by molar-refractivity contribution is -0.136. The molecule has 13 heteroatoms. The van der Waals surface area contributed by atoms with E-state index in [0.717, 1.165) is 87.9 Å². The summed E-state index contributed by atoms with van der Waals surface area (Å²) in [6.07, 6.45) is 12.1. The number of aromatic nitrogens is 2. The van der Waals surface area contributed by atoms with Gasteiger partial charge in [0.05, 0.1) is 17.8 Å². The van der Waals surface area contributed by atoms with E-state index in [9.17, 15) is 19.2 Å². The fourth-order valence-corrected chi connectivity index (χ4v) is 8.43. The lowest BCUT2D eigenvalue weighted by Crippen LogP contribution is -2.47. The number of likely N-dealkylation sites (N-methyl/N-ethyl adjacent to an activating group) is 3. The summed E-state index contributed by atoms with van der Waals surface area (Å²) >= 11 is 0. The standard InChI is InChI=1S/C47H58N8O5/c1-47(2,34-11-15-38(16-12-34)55-20-19-32-29-49-46(51-42(32)30-55)54-23-21-52(4)22-24-54)35-13-17-39(18-14-35)60-40-26-37(27-40)50-36-9-6-8-33(31-57)41(28-36)45(59)53(5)43(10-7-25-56)44(58)48-3/h8-9,11-18,25,28-29,31,37,40,43,50H,6-7,10,19-24,26-27,30H2,1-5H3,(H,48,58). The summed E-state index contributed by atoms with van der Waals surface area (Å²) in [5.41, 5.74) is 7.00. The van der Waals surface area contributed by atoms with Gasteiger partial charge in [0.25, 0.3) is 5.91 Å². The Balaban J connectivity index is 0.920. The number of ether oxygens (including phenoxy) is 1. The predicted octanol–water partition coefficient (Wildman–Crippen LogP) is 4.51. The minimum atomic E-state index is -0.844. The predicted molar refractivity (Wildman–Crippen MR) is 233 cm³/mol. The number of allylic oxidation sites excluding steroid dienone is 3. The van der Waals surface area contributed by atoms with Crippen molar-refractivity contribution in [1.82, 2.24) is 30.4 Å². The first-order chi connectivity index (χ1) is 29.0. The Morgan fingerprint density at radius 1 is 0.967 bits per heavy atom. The highest BCUT2D eigenvalue weighted by Crippen LogP contribution is 2.35. The first kappa shape index (κ1) is 42.3. The van der Waals surface area contributed by atoms with Crippen molar-refractivity contribution in [3.05, 3.63) is 112 Å². The monoisotopic (exact) mass is 814 g/mol. The first-order valence-electron chi connectivity index (χ1n) is 21.1. The van der Waals surface area contributed by atoms with Crippen LogP contribution in [0.5, 0.6) is 5.75 Å². The number of amides is 2. The Kier molecular flexibility index (Phi) is 13.1. The van der Waals surface area contributed by atoms with Crippen LogP contribution in [0.15, 0.2) is 89.8 Å². The zero-order valence-electron chi connectivity index (χ0n) is 35.5. The van der Waals surface area contributed by atoms with Crippen LogP contribution in [0.3, 0.4) is 0 Å². The van der Waals surface area contributed by atoms with Crippen molar-refractivity contribution < 1.29 is 23.9 Å². The number of piperazine rings is 1. The average Bonchev–Trinajstić information content (AvgIpc) is 3.47. The summed E-state index contributed by atoms with van der Waals surface area (Å²) in [6.45, 7) is 10.2. The molecule has 4 aliphatic rings. The second kappa shape index (κ2) is 18.6. The quantitative estimate of drug-likeness (QED) is 0.210. The van der Waals surface area contributed by atoms with Crippen LogP contribution in [0.25, 0.3) is 0 Å². The maximum Gasteiger partial charge on any atom is 0.255 e. The van der Waals surface area contributed by atoms with Crippen LogP contribution >= 0.6 is 0 Å². The third-order valence-electron chi connectivity index (χ3n) is 12.6. The van der Waals surface area contributed by atoms with E-state index < -0.39 is 11.9 Å². The molecule has 0 radical (unpaired) electrons. The molecule has 60 heavy (non-hydrogen) atoms. The minimum Gasteiger partial charge on any atom is -0.490 e. The number of hydrogen-bond acceptors (Lipinski definition) is 11. The number of anilines is 2. The average molecular weight is 815 g/mol. The largest absolute Gasteiger partial charge is 0.490 e. The number of fused-ring (bicyclic) bond motifs is 1. The highest BCUT2D eigenvalue weighted by molar-refractivity contribution is 6.06. The lowest BCUT2D eigenvalue weighted by Gasteiger charge is -2.37. The summed E-state index contributed by atoms with van der Waals surface area (Å²) in [6, 6.07) is 16.7. The van der Waals surface area contributed by atoms with Gasteiger partial charge in [0.1, 0.15) is 24.2 Å². The highest BCUT2D eigenvalue weighted by Gasteiger charge is 2.33. The normalized spacial score (nSPS) is 19.9. The fourth-order valence-electron chi connectivity index (χ4n) is 8.43. The number of carbonyl (C=O) groups is 4. The highest BCUT2D eigenvalue weighted by atomic mass is 16.5. The minimum absolute atomic E-state index is 0.0397. The summed E-state index contributed by atoms with van der Waals surface area (Å²) in [7, 11) is 5.17. The van der Waals surface area contributed by atoms with Crippen molar-refractivity contribution in [1.29, 1.82) is 0 Å². The van der Waals surface area contributed by atoms with Crippen LogP contribution in [0, 0.1) is 0 Å². The molecule has 1 saturated heterocycles. The third-order valence-corrected chi connectivity index (χ3v) is 12.6. The van der Waals surface area contributed by atoms with Crippen molar-refractivity contribution >= 4 is 36.0 Å². The smallest absolute Gasteiger partial charge is 0.255 e. The Morgan fingerprint density at radius 2 is 1.67 bits per heavy atom. The molecule has 2 aromatic carbocycles. The van der Waals surface area contributed by atoms with Crippen LogP contribution in [-0.2, 0) is 37.6 Å². The first-order valence-corrected chi connectivity index (χ1v) is 21.1. The van der Waals surface area contributed by atoms with Crippen LogP contribution in [-0.4, -0.2) is 116 Å². The number of nitrogens with zero attached hydrogens (tertiary/aromatic N) is 6. The second-order valence-corrected chi connectivity index (χ2v) is 16.9. The maximum atomic E-state index is 13.7. The molecule has 2 amide bonds. The molecule has 3 aromatic rings. The van der Waals surface area contributed by atoms with Gasteiger partial charge in [0, 0.05) is 101 Å². The van der Waals surface area contributed by atoms with Gasteiger partial charge in [0.2, 0.25) is 11.9 Å². The number of rotatable bonds is 15. The van der Waals surface area contributed by atoms with Crippen LogP contribution < -0.4 is 25.2 Å². The lowest BCUT2D eigenvalue weighted by atomic mass is 9.78. The Morgan fingerprint density at radius 3 is 2.33 bits per heavy atom. The Labute approximate surface area is 353 Å². The van der Waals surface area contributed by atoms with Gasteiger partial charge >= 0.3 is 0 Å². The summed E-state index contributed by atoms with van der Waals surface area (Å²) < 4.78 is 6.36. The molecule has 2 aliphatic heterocycles. The Hall–Kier alpha value is -5.82. The van der Waals surface area contributed by atoms with E-state index in [4.69, 9.17) is 14.7 Å². The molecule has 2 N–H and O–H groups in total. The zero-order chi connectivity index (χ0) is 42.4. The number of benzene rings is 2. The number of nitrogens with one attached hydrogen (secondary N) is 2. The number of carbonyl (C=O) groups excluding carboxylic acids is 4. The molecule has 1 saturated carbocycles. The van der Waals surface area contributed by atoms with Crippen molar-refractivity contribution in [2.45, 2.75) is 82.5 Å². The SMILES string of the molecule is CNC(=O)C(CCC=O)N(C)C(=O)C1=CC(NC2CC(Oc3ccc(C(C)(C)c4ccc(N5CCc6cnc(N7CCN(C)CC7)nc6C5)cc4)cc3)C2)=CCC=C1C=O. The van der Waals surface area contributed by atoms with Gasteiger partial charge in [-0.25, -0.2) is 9.97 Å². The molecule has 13 nitrogen and oxygen atoms in total. The molecular formula is C47H58N8O5. The molecular weight excluding hydrogens is 757 g/mol. The van der Waals surface area contributed by atoms with E-state index >= 15 is 0 Å². The summed E-state index contributed by atoms with van der Waals surface area (Å²) in [4.78, 5) is 67.4. The number of aldehydes is 2.